The van der Waals surface area contributed by atoms with Crippen LogP contribution in [0.15, 0.2) is 0 Å². The van der Waals surface area contributed by atoms with E-state index in [-0.39, 0.29) is 13.0 Å². The number of aliphatic carboxylic acids is 1. The average Bonchev–Trinajstić information content (AvgIpc) is 2.24. The fraction of sp³-hybridized carbons (Fsp3) is 0.778. The first-order valence-electron chi connectivity index (χ1n) is 4.91. The maximum Gasteiger partial charge on any atom is 0.326 e. The lowest BCUT2D eigenvalue weighted by Gasteiger charge is -2.16. The Balaban J connectivity index is 4.12. The molecule has 0 saturated heterocycles. The summed E-state index contributed by atoms with van der Waals surface area (Å²) < 4.78 is 0. The van der Waals surface area contributed by atoms with E-state index in [9.17, 15) is 9.59 Å². The number of carbonyl (C=O) groups is 2. The van der Waals surface area contributed by atoms with Gasteiger partial charge in [-0.25, -0.2) is 4.79 Å². The van der Waals surface area contributed by atoms with Crippen molar-refractivity contribution < 1.29 is 19.8 Å². The maximum atomic E-state index is 11.4. The third-order valence-electron chi connectivity index (χ3n) is 2.00. The molecular formula is C9H18N2O4S. The molecule has 0 aromatic rings. The first-order valence-corrected chi connectivity index (χ1v) is 6.30. The SMILES string of the molecule is CSCC[C@@H](N)C(=O)N[C@H](CCO)C(=O)O. The number of carboxylic acids is 1. The van der Waals surface area contributed by atoms with Crippen molar-refractivity contribution in [3.63, 3.8) is 0 Å². The maximum absolute atomic E-state index is 11.4. The van der Waals surface area contributed by atoms with Gasteiger partial charge in [-0.3, -0.25) is 4.79 Å². The summed E-state index contributed by atoms with van der Waals surface area (Å²) in [4.78, 5) is 22.1. The first-order chi connectivity index (χ1) is 7.52. The van der Waals surface area contributed by atoms with Crippen LogP contribution in [-0.2, 0) is 9.59 Å². The van der Waals surface area contributed by atoms with Gasteiger partial charge in [0.05, 0.1) is 6.04 Å². The Hall–Kier alpha value is -0.790. The standard InChI is InChI=1S/C9H18N2O4S/c1-16-5-3-6(10)8(13)11-7(2-4-12)9(14)15/h6-7,12H,2-5,10H2,1H3,(H,11,13)(H,14,15)/t6-,7-/m1/s1. The van der Waals surface area contributed by atoms with Crippen LogP contribution in [0.5, 0.6) is 0 Å². The van der Waals surface area contributed by atoms with Gasteiger partial charge in [-0.1, -0.05) is 0 Å². The number of carbonyl (C=O) groups excluding carboxylic acids is 1. The van der Waals surface area contributed by atoms with Crippen molar-refractivity contribution in [2.75, 3.05) is 18.6 Å². The van der Waals surface area contributed by atoms with Crippen molar-refractivity contribution in [1.82, 2.24) is 5.32 Å². The molecule has 0 fully saturated rings. The van der Waals surface area contributed by atoms with Crippen molar-refractivity contribution in [2.45, 2.75) is 24.9 Å². The highest BCUT2D eigenvalue weighted by Gasteiger charge is 2.22. The van der Waals surface area contributed by atoms with E-state index < -0.39 is 24.0 Å². The third-order valence-corrected chi connectivity index (χ3v) is 2.65. The van der Waals surface area contributed by atoms with E-state index in [0.717, 1.165) is 5.75 Å². The average molecular weight is 250 g/mol. The molecule has 0 aromatic heterocycles. The van der Waals surface area contributed by atoms with Crippen molar-refractivity contribution >= 4 is 23.6 Å². The minimum Gasteiger partial charge on any atom is -0.480 e. The van der Waals surface area contributed by atoms with Crippen LogP contribution in [0.25, 0.3) is 0 Å². The number of hydrogen-bond acceptors (Lipinski definition) is 5. The van der Waals surface area contributed by atoms with E-state index in [4.69, 9.17) is 15.9 Å². The molecule has 7 heteroatoms. The third kappa shape index (κ3) is 5.94. The second-order valence-corrected chi connectivity index (χ2v) is 4.29. The minimum absolute atomic E-state index is 0.0175. The molecule has 1 amide bonds. The zero-order valence-electron chi connectivity index (χ0n) is 9.18. The molecule has 0 aromatic carbocycles. The highest BCUT2D eigenvalue weighted by Crippen LogP contribution is 2.00. The number of hydrogen-bond donors (Lipinski definition) is 4. The predicted molar refractivity (Wildman–Crippen MR) is 62.2 cm³/mol. The van der Waals surface area contributed by atoms with Gasteiger partial charge in [0.25, 0.3) is 0 Å². The second-order valence-electron chi connectivity index (χ2n) is 3.30. The molecule has 16 heavy (non-hydrogen) atoms. The van der Waals surface area contributed by atoms with Crippen LogP contribution >= 0.6 is 11.8 Å². The number of amides is 1. The number of nitrogens with one attached hydrogen (secondary N) is 1. The molecule has 0 heterocycles. The monoisotopic (exact) mass is 250 g/mol. The van der Waals surface area contributed by atoms with Crippen LogP contribution in [-0.4, -0.2) is 52.8 Å². The molecule has 0 bridgehead atoms. The molecule has 0 saturated carbocycles. The highest BCUT2D eigenvalue weighted by molar-refractivity contribution is 7.98. The van der Waals surface area contributed by atoms with E-state index in [1.807, 2.05) is 6.26 Å². The molecule has 0 aliphatic rings. The van der Waals surface area contributed by atoms with Gasteiger partial charge in [-0.2, -0.15) is 11.8 Å². The van der Waals surface area contributed by atoms with Crippen LogP contribution in [0.2, 0.25) is 0 Å². The summed E-state index contributed by atoms with van der Waals surface area (Å²) in [6, 6.07) is -1.77. The second kappa shape index (κ2) is 8.37. The van der Waals surface area contributed by atoms with Crippen molar-refractivity contribution in [3.8, 4) is 0 Å². The first kappa shape index (κ1) is 15.2. The number of rotatable bonds is 8. The summed E-state index contributed by atoms with van der Waals surface area (Å²) in [5, 5.41) is 19.7. The van der Waals surface area contributed by atoms with Gasteiger partial charge in [0.1, 0.15) is 6.04 Å². The van der Waals surface area contributed by atoms with Crippen molar-refractivity contribution in [3.05, 3.63) is 0 Å². The normalized spacial score (nSPS) is 14.2. The Kier molecular flexibility index (Phi) is 7.96. The number of aliphatic hydroxyl groups excluding tert-OH is 1. The largest absolute Gasteiger partial charge is 0.480 e. The van der Waals surface area contributed by atoms with Crippen molar-refractivity contribution in [2.24, 2.45) is 5.73 Å². The molecule has 0 aliphatic heterocycles. The lowest BCUT2D eigenvalue weighted by Crippen LogP contribution is -2.48. The summed E-state index contributed by atoms with van der Waals surface area (Å²) in [5.74, 6) is -0.916. The van der Waals surface area contributed by atoms with E-state index in [2.05, 4.69) is 5.32 Å². The lowest BCUT2D eigenvalue weighted by atomic mass is 10.1. The molecule has 5 N–H and O–H groups in total. The van der Waals surface area contributed by atoms with Gasteiger partial charge in [0.15, 0.2) is 0 Å². The van der Waals surface area contributed by atoms with Gasteiger partial charge in [0, 0.05) is 13.0 Å². The smallest absolute Gasteiger partial charge is 0.326 e. The molecule has 0 spiro atoms. The van der Waals surface area contributed by atoms with Crippen LogP contribution in [0.4, 0.5) is 0 Å². The van der Waals surface area contributed by atoms with Crippen LogP contribution < -0.4 is 11.1 Å². The molecule has 6 nitrogen and oxygen atoms in total. The van der Waals surface area contributed by atoms with Gasteiger partial charge >= 0.3 is 5.97 Å². The quantitative estimate of drug-likeness (QED) is 0.440. The van der Waals surface area contributed by atoms with Gasteiger partial charge in [-0.05, 0) is 18.4 Å². The topological polar surface area (TPSA) is 113 Å². The summed E-state index contributed by atoms with van der Waals surface area (Å²) in [6.45, 7) is -0.294. The van der Waals surface area contributed by atoms with E-state index in [0.29, 0.717) is 6.42 Å². The Morgan fingerprint density at radius 2 is 2.06 bits per heavy atom. The number of thioether (sulfide) groups is 1. The Morgan fingerprint density at radius 3 is 2.50 bits per heavy atom. The van der Waals surface area contributed by atoms with E-state index in [1.165, 1.54) is 0 Å². The molecule has 0 aliphatic carbocycles. The minimum atomic E-state index is -1.17. The Labute approximate surface area is 98.6 Å². The molecule has 0 radical (unpaired) electrons. The fourth-order valence-electron chi connectivity index (χ4n) is 1.04. The number of aliphatic hydroxyl groups is 1. The highest BCUT2D eigenvalue weighted by atomic mass is 32.2. The van der Waals surface area contributed by atoms with Crippen LogP contribution in [0.1, 0.15) is 12.8 Å². The number of nitrogens with two attached hydrogens (primary N) is 1. The summed E-state index contributed by atoms with van der Waals surface area (Å²) in [7, 11) is 0. The van der Waals surface area contributed by atoms with E-state index in [1.54, 1.807) is 11.8 Å². The van der Waals surface area contributed by atoms with Crippen molar-refractivity contribution in [1.29, 1.82) is 0 Å². The zero-order chi connectivity index (χ0) is 12.6. The molecular weight excluding hydrogens is 232 g/mol. The zero-order valence-corrected chi connectivity index (χ0v) is 10.00. The molecule has 0 unspecified atom stereocenters. The lowest BCUT2D eigenvalue weighted by molar-refractivity contribution is -0.142. The fourth-order valence-corrected chi connectivity index (χ4v) is 1.53. The Morgan fingerprint density at radius 1 is 1.44 bits per heavy atom. The summed E-state index contributed by atoms with van der Waals surface area (Å²) >= 11 is 1.57. The predicted octanol–water partition coefficient (Wildman–Crippen LogP) is -0.981. The van der Waals surface area contributed by atoms with E-state index >= 15 is 0 Å². The molecule has 94 valence electrons. The molecule has 0 rings (SSSR count). The molecule has 2 atom stereocenters. The van der Waals surface area contributed by atoms with Crippen LogP contribution in [0.3, 0.4) is 0 Å². The van der Waals surface area contributed by atoms with Gasteiger partial charge in [0.2, 0.25) is 5.91 Å². The summed E-state index contributed by atoms with van der Waals surface area (Å²) in [5.41, 5.74) is 5.57. The Bertz CT molecular complexity index is 238. The summed E-state index contributed by atoms with van der Waals surface area (Å²) in [6.07, 6.45) is 2.38. The van der Waals surface area contributed by atoms with Crippen LogP contribution in [0, 0.1) is 0 Å². The van der Waals surface area contributed by atoms with Gasteiger partial charge < -0.3 is 21.3 Å². The number of carboxylic acid groups (broad SMARTS) is 1. The van der Waals surface area contributed by atoms with Gasteiger partial charge in [-0.15, -0.1) is 0 Å².